The largest absolute Gasteiger partial charge is 0.353 e. The van der Waals surface area contributed by atoms with Crippen molar-refractivity contribution in [2.45, 2.75) is 0 Å². The highest BCUT2D eigenvalue weighted by Crippen LogP contribution is 2.35. The van der Waals surface area contributed by atoms with Crippen LogP contribution in [0.25, 0.3) is 55.2 Å². The number of thiophene rings is 1. The lowest BCUT2D eigenvalue weighted by molar-refractivity contribution is 0.657. The number of fused-ring (bicyclic) bond motifs is 2. The number of rotatable bonds is 3. The molecule has 0 radical (unpaired) electrons. The predicted octanol–water partition coefficient (Wildman–Crippen LogP) is 5.43. The van der Waals surface area contributed by atoms with E-state index in [4.69, 9.17) is 0 Å². The molecule has 0 saturated carbocycles. The van der Waals surface area contributed by atoms with Gasteiger partial charge in [-0.05, 0) is 42.5 Å². The number of nitrogens with zero attached hydrogens (tertiary/aromatic N) is 4. The standard InChI is InChI=1S/C22H13FN6S/c23-19-5-4-18(30-19)21-13-10-17(27-16(13)6-8-25-21)20-14-9-12(11-26-22(14)29-28-20)15-3-1-2-7-24-15/h1-11,27H,(H,26,28,29). The van der Waals surface area contributed by atoms with Gasteiger partial charge in [0.15, 0.2) is 10.8 Å². The van der Waals surface area contributed by atoms with E-state index in [1.165, 1.54) is 6.07 Å². The van der Waals surface area contributed by atoms with E-state index in [2.05, 4.69) is 30.1 Å². The number of pyridine rings is 3. The third-order valence-corrected chi connectivity index (χ3v) is 5.87. The van der Waals surface area contributed by atoms with Crippen molar-refractivity contribution in [1.29, 1.82) is 0 Å². The molecule has 2 N–H and O–H groups in total. The zero-order valence-electron chi connectivity index (χ0n) is 15.4. The molecule has 0 unspecified atom stereocenters. The minimum Gasteiger partial charge on any atom is -0.353 e. The average molecular weight is 412 g/mol. The Hall–Kier alpha value is -3.91. The van der Waals surface area contributed by atoms with Crippen LogP contribution in [0.4, 0.5) is 4.39 Å². The molecule has 0 aromatic carbocycles. The molecular weight excluding hydrogens is 399 g/mol. The first-order valence-electron chi connectivity index (χ1n) is 9.25. The van der Waals surface area contributed by atoms with Gasteiger partial charge in [0.25, 0.3) is 0 Å². The highest BCUT2D eigenvalue weighted by atomic mass is 32.1. The van der Waals surface area contributed by atoms with Crippen LogP contribution in [0.2, 0.25) is 0 Å². The number of halogens is 1. The summed E-state index contributed by atoms with van der Waals surface area (Å²) in [6, 6.07) is 14.9. The quantitative estimate of drug-likeness (QED) is 0.406. The van der Waals surface area contributed by atoms with E-state index in [1.54, 1.807) is 24.7 Å². The molecule has 0 aliphatic rings. The zero-order valence-corrected chi connectivity index (χ0v) is 16.2. The molecule has 6 nitrogen and oxygen atoms in total. The number of hydrogen-bond acceptors (Lipinski definition) is 5. The maximum Gasteiger partial charge on any atom is 0.181 e. The van der Waals surface area contributed by atoms with Crippen molar-refractivity contribution in [1.82, 2.24) is 30.1 Å². The molecule has 0 aliphatic heterocycles. The fourth-order valence-electron chi connectivity index (χ4n) is 3.61. The Labute approximate surface area is 173 Å². The molecule has 0 amide bonds. The van der Waals surface area contributed by atoms with E-state index in [0.29, 0.717) is 5.65 Å². The first-order valence-corrected chi connectivity index (χ1v) is 10.1. The fraction of sp³-hybridized carbons (Fsp3) is 0. The lowest BCUT2D eigenvalue weighted by atomic mass is 10.1. The molecule has 6 rings (SSSR count). The lowest BCUT2D eigenvalue weighted by Crippen LogP contribution is -1.85. The van der Waals surface area contributed by atoms with Crippen LogP contribution in [0.1, 0.15) is 0 Å². The second-order valence-corrected chi connectivity index (χ2v) is 7.85. The molecule has 6 aromatic heterocycles. The van der Waals surface area contributed by atoms with Crippen LogP contribution in [0, 0.1) is 5.13 Å². The highest BCUT2D eigenvalue weighted by Gasteiger charge is 2.16. The molecule has 144 valence electrons. The van der Waals surface area contributed by atoms with Gasteiger partial charge < -0.3 is 4.98 Å². The van der Waals surface area contributed by atoms with Crippen LogP contribution in [0.3, 0.4) is 0 Å². The molecule has 0 bridgehead atoms. The van der Waals surface area contributed by atoms with Crippen LogP contribution in [0.15, 0.2) is 67.1 Å². The maximum absolute atomic E-state index is 13.6. The fourth-order valence-corrected chi connectivity index (χ4v) is 4.35. The Kier molecular flexibility index (Phi) is 3.72. The van der Waals surface area contributed by atoms with Gasteiger partial charge in [-0.3, -0.25) is 15.1 Å². The van der Waals surface area contributed by atoms with Crippen LogP contribution in [-0.2, 0) is 0 Å². The Balaban J connectivity index is 1.52. The van der Waals surface area contributed by atoms with Crippen LogP contribution < -0.4 is 0 Å². The Morgan fingerprint density at radius 1 is 0.900 bits per heavy atom. The molecular formula is C22H13FN6S. The third kappa shape index (κ3) is 2.69. The number of nitrogens with one attached hydrogen (secondary N) is 2. The van der Waals surface area contributed by atoms with Gasteiger partial charge in [-0.2, -0.15) is 9.49 Å². The lowest BCUT2D eigenvalue weighted by Gasteiger charge is -2.00. The van der Waals surface area contributed by atoms with Crippen LogP contribution in [0.5, 0.6) is 0 Å². The number of aromatic amines is 2. The summed E-state index contributed by atoms with van der Waals surface area (Å²) < 4.78 is 13.6. The van der Waals surface area contributed by atoms with Gasteiger partial charge in [0.1, 0.15) is 0 Å². The van der Waals surface area contributed by atoms with Gasteiger partial charge in [0, 0.05) is 40.4 Å². The van der Waals surface area contributed by atoms with Gasteiger partial charge in [-0.15, -0.1) is 11.3 Å². The summed E-state index contributed by atoms with van der Waals surface area (Å²) in [6.45, 7) is 0. The average Bonchev–Trinajstić information content (AvgIpc) is 3.51. The zero-order chi connectivity index (χ0) is 20.1. The SMILES string of the molecule is Fc1ccc(-c2nccc3[nH]c(-c4[nH]nc5ncc(-c6ccccn6)cc45)cc23)s1. The molecule has 6 aromatic rings. The van der Waals surface area contributed by atoms with Crippen molar-refractivity contribution in [3.05, 3.63) is 72.3 Å². The minimum absolute atomic E-state index is 0.229. The summed E-state index contributed by atoms with van der Waals surface area (Å²) in [5, 5.41) is 9.02. The van der Waals surface area contributed by atoms with Crippen LogP contribution in [-0.4, -0.2) is 30.1 Å². The Morgan fingerprint density at radius 2 is 1.87 bits per heavy atom. The molecule has 0 atom stereocenters. The van der Waals surface area contributed by atoms with Crippen molar-refractivity contribution < 1.29 is 4.39 Å². The summed E-state index contributed by atoms with van der Waals surface area (Å²) in [4.78, 5) is 17.6. The summed E-state index contributed by atoms with van der Waals surface area (Å²) in [5.41, 5.74) is 5.75. The van der Waals surface area contributed by atoms with E-state index in [9.17, 15) is 4.39 Å². The van der Waals surface area contributed by atoms with E-state index < -0.39 is 0 Å². The van der Waals surface area contributed by atoms with Gasteiger partial charge >= 0.3 is 0 Å². The van der Waals surface area contributed by atoms with Crippen molar-refractivity contribution >= 4 is 33.3 Å². The maximum atomic E-state index is 13.6. The topological polar surface area (TPSA) is 83.1 Å². The Morgan fingerprint density at radius 3 is 2.70 bits per heavy atom. The van der Waals surface area contributed by atoms with E-state index in [0.717, 1.165) is 60.8 Å². The minimum atomic E-state index is -0.229. The van der Waals surface area contributed by atoms with Gasteiger partial charge in [0.2, 0.25) is 0 Å². The molecule has 8 heteroatoms. The summed E-state index contributed by atoms with van der Waals surface area (Å²) in [7, 11) is 0. The number of aromatic nitrogens is 6. The van der Waals surface area contributed by atoms with Crippen molar-refractivity contribution in [2.75, 3.05) is 0 Å². The van der Waals surface area contributed by atoms with Gasteiger partial charge in [-0.1, -0.05) is 6.07 Å². The highest BCUT2D eigenvalue weighted by molar-refractivity contribution is 7.13. The van der Waals surface area contributed by atoms with Crippen molar-refractivity contribution in [3.8, 4) is 33.2 Å². The van der Waals surface area contributed by atoms with Gasteiger partial charge in [-0.25, -0.2) is 4.98 Å². The monoisotopic (exact) mass is 412 g/mol. The normalized spacial score (nSPS) is 11.5. The van der Waals surface area contributed by atoms with Gasteiger partial charge in [0.05, 0.1) is 27.7 Å². The second-order valence-electron chi connectivity index (χ2n) is 6.82. The summed E-state index contributed by atoms with van der Waals surface area (Å²) in [6.07, 6.45) is 5.25. The Bertz CT molecular complexity index is 1520. The molecule has 0 saturated heterocycles. The number of hydrogen-bond donors (Lipinski definition) is 2. The van der Waals surface area contributed by atoms with Crippen LogP contribution >= 0.6 is 11.3 Å². The summed E-state index contributed by atoms with van der Waals surface area (Å²) in [5.74, 6) is 0. The first-order chi connectivity index (χ1) is 14.8. The molecule has 6 heterocycles. The second kappa shape index (κ2) is 6.57. The molecule has 30 heavy (non-hydrogen) atoms. The molecule has 0 fully saturated rings. The third-order valence-electron chi connectivity index (χ3n) is 4.99. The molecule has 0 spiro atoms. The molecule has 0 aliphatic carbocycles. The van der Waals surface area contributed by atoms with Crippen molar-refractivity contribution in [2.24, 2.45) is 0 Å². The smallest absolute Gasteiger partial charge is 0.181 e. The predicted molar refractivity (Wildman–Crippen MR) is 115 cm³/mol. The van der Waals surface area contributed by atoms with E-state index >= 15 is 0 Å². The number of H-pyrrole nitrogens is 2. The van der Waals surface area contributed by atoms with E-state index in [1.807, 2.05) is 36.4 Å². The van der Waals surface area contributed by atoms with E-state index in [-0.39, 0.29) is 5.13 Å². The first kappa shape index (κ1) is 17.0. The summed E-state index contributed by atoms with van der Waals surface area (Å²) >= 11 is 1.08. The van der Waals surface area contributed by atoms with Crippen molar-refractivity contribution in [3.63, 3.8) is 0 Å².